The molecule has 0 bridgehead atoms. The first kappa shape index (κ1) is 10.7. The van der Waals surface area contributed by atoms with Gasteiger partial charge in [0.2, 0.25) is 0 Å². The van der Waals surface area contributed by atoms with Gasteiger partial charge in [-0.3, -0.25) is 0 Å². The third kappa shape index (κ3) is 3.07. The van der Waals surface area contributed by atoms with Gasteiger partial charge in [0.05, 0.1) is 18.4 Å². The fourth-order valence-electron chi connectivity index (χ4n) is 1.12. The number of aromatic nitrogens is 1. The summed E-state index contributed by atoms with van der Waals surface area (Å²) in [6.45, 7) is 0.648. The van der Waals surface area contributed by atoms with Gasteiger partial charge in [0.1, 0.15) is 10.4 Å². The SMILES string of the molecule is Brc1ccc(NCc2ccc(Br)o2)cn1. The Morgan fingerprint density at radius 1 is 1.20 bits per heavy atom. The molecule has 0 atom stereocenters. The number of hydrogen-bond donors (Lipinski definition) is 1. The third-order valence-corrected chi connectivity index (χ3v) is 2.72. The van der Waals surface area contributed by atoms with E-state index in [0.717, 1.165) is 20.7 Å². The summed E-state index contributed by atoms with van der Waals surface area (Å²) >= 11 is 6.54. The van der Waals surface area contributed by atoms with Crippen LogP contribution in [-0.2, 0) is 6.54 Å². The highest BCUT2D eigenvalue weighted by Gasteiger charge is 1.99. The van der Waals surface area contributed by atoms with Gasteiger partial charge >= 0.3 is 0 Å². The van der Waals surface area contributed by atoms with Crippen molar-refractivity contribution in [2.24, 2.45) is 0 Å². The number of anilines is 1. The Bertz CT molecular complexity index is 439. The van der Waals surface area contributed by atoms with Crippen LogP contribution in [0.3, 0.4) is 0 Å². The Hall–Kier alpha value is -0.810. The molecule has 0 saturated carbocycles. The Morgan fingerprint density at radius 2 is 2.07 bits per heavy atom. The highest BCUT2D eigenvalue weighted by atomic mass is 79.9. The van der Waals surface area contributed by atoms with Gasteiger partial charge in [-0.15, -0.1) is 0 Å². The largest absolute Gasteiger partial charge is 0.452 e. The lowest BCUT2D eigenvalue weighted by Crippen LogP contribution is -1.98. The summed E-state index contributed by atoms with van der Waals surface area (Å²) in [6.07, 6.45) is 1.77. The number of halogens is 2. The van der Waals surface area contributed by atoms with Gasteiger partial charge in [0.15, 0.2) is 4.67 Å². The van der Waals surface area contributed by atoms with E-state index in [1.807, 2.05) is 24.3 Å². The molecule has 0 aliphatic rings. The van der Waals surface area contributed by atoms with Crippen LogP contribution in [-0.4, -0.2) is 4.98 Å². The topological polar surface area (TPSA) is 38.1 Å². The van der Waals surface area contributed by atoms with Crippen molar-refractivity contribution in [3.8, 4) is 0 Å². The molecule has 3 nitrogen and oxygen atoms in total. The van der Waals surface area contributed by atoms with E-state index in [1.165, 1.54) is 0 Å². The first-order valence-corrected chi connectivity index (χ1v) is 5.92. The normalized spacial score (nSPS) is 10.3. The van der Waals surface area contributed by atoms with Gasteiger partial charge in [-0.05, 0) is 56.1 Å². The smallest absolute Gasteiger partial charge is 0.169 e. The van der Waals surface area contributed by atoms with Gasteiger partial charge in [-0.25, -0.2) is 4.98 Å². The molecule has 0 aliphatic carbocycles. The fourth-order valence-corrected chi connectivity index (χ4v) is 1.69. The summed E-state index contributed by atoms with van der Waals surface area (Å²) in [5.74, 6) is 0.879. The first-order valence-electron chi connectivity index (χ1n) is 4.34. The predicted octanol–water partition coefficient (Wildman–Crippen LogP) is 3.81. The van der Waals surface area contributed by atoms with Crippen LogP contribution in [0.2, 0.25) is 0 Å². The zero-order valence-corrected chi connectivity index (χ0v) is 10.9. The molecule has 0 radical (unpaired) electrons. The molecule has 0 unspecified atom stereocenters. The van der Waals surface area contributed by atoms with E-state index in [4.69, 9.17) is 4.42 Å². The zero-order chi connectivity index (χ0) is 10.7. The molecule has 15 heavy (non-hydrogen) atoms. The van der Waals surface area contributed by atoms with Crippen molar-refractivity contribution in [2.45, 2.75) is 6.54 Å². The van der Waals surface area contributed by atoms with Crippen molar-refractivity contribution in [3.05, 3.63) is 45.5 Å². The molecule has 0 saturated heterocycles. The summed E-state index contributed by atoms with van der Waals surface area (Å²) in [5.41, 5.74) is 0.964. The Labute approximate surface area is 104 Å². The molecular weight excluding hydrogens is 324 g/mol. The molecule has 1 N–H and O–H groups in total. The van der Waals surface area contributed by atoms with Crippen LogP contribution in [0.1, 0.15) is 5.76 Å². The lowest BCUT2D eigenvalue weighted by Gasteiger charge is -2.03. The maximum Gasteiger partial charge on any atom is 0.169 e. The zero-order valence-electron chi connectivity index (χ0n) is 7.71. The molecule has 2 rings (SSSR count). The Kier molecular flexibility index (Phi) is 3.43. The van der Waals surface area contributed by atoms with E-state index in [9.17, 15) is 0 Å². The maximum absolute atomic E-state index is 5.35. The second-order valence-corrected chi connectivity index (χ2v) is 4.52. The van der Waals surface area contributed by atoms with Crippen molar-refractivity contribution >= 4 is 37.5 Å². The summed E-state index contributed by atoms with van der Waals surface area (Å²) < 4.78 is 6.92. The summed E-state index contributed by atoms with van der Waals surface area (Å²) in [6, 6.07) is 7.63. The molecule has 2 heterocycles. The lowest BCUT2D eigenvalue weighted by atomic mass is 10.4. The average molecular weight is 332 g/mol. The highest BCUT2D eigenvalue weighted by molar-refractivity contribution is 9.10. The van der Waals surface area contributed by atoms with E-state index in [0.29, 0.717) is 6.54 Å². The molecule has 5 heteroatoms. The summed E-state index contributed by atoms with van der Waals surface area (Å²) in [5, 5.41) is 3.20. The van der Waals surface area contributed by atoms with E-state index in [1.54, 1.807) is 6.20 Å². The fraction of sp³-hybridized carbons (Fsp3) is 0.100. The van der Waals surface area contributed by atoms with E-state index in [2.05, 4.69) is 42.2 Å². The number of pyridine rings is 1. The molecule has 2 aromatic rings. The van der Waals surface area contributed by atoms with Gasteiger partial charge in [-0.1, -0.05) is 0 Å². The van der Waals surface area contributed by atoms with Crippen molar-refractivity contribution in [1.82, 2.24) is 4.98 Å². The molecule has 0 aromatic carbocycles. The summed E-state index contributed by atoms with van der Waals surface area (Å²) in [4.78, 5) is 4.11. The summed E-state index contributed by atoms with van der Waals surface area (Å²) in [7, 11) is 0. The number of hydrogen-bond acceptors (Lipinski definition) is 3. The van der Waals surface area contributed by atoms with Crippen LogP contribution in [0.4, 0.5) is 5.69 Å². The van der Waals surface area contributed by atoms with Crippen molar-refractivity contribution < 1.29 is 4.42 Å². The number of nitrogens with zero attached hydrogens (tertiary/aromatic N) is 1. The van der Waals surface area contributed by atoms with Crippen LogP contribution in [0.15, 0.2) is 44.2 Å². The van der Waals surface area contributed by atoms with Crippen LogP contribution in [0, 0.1) is 0 Å². The van der Waals surface area contributed by atoms with E-state index >= 15 is 0 Å². The minimum absolute atomic E-state index is 0.648. The van der Waals surface area contributed by atoms with Crippen molar-refractivity contribution in [2.75, 3.05) is 5.32 Å². The Balaban J connectivity index is 1.96. The van der Waals surface area contributed by atoms with Crippen LogP contribution >= 0.6 is 31.9 Å². The molecule has 0 fully saturated rings. The molecule has 0 amide bonds. The van der Waals surface area contributed by atoms with E-state index in [-0.39, 0.29) is 0 Å². The monoisotopic (exact) mass is 330 g/mol. The number of furan rings is 1. The Morgan fingerprint density at radius 3 is 2.67 bits per heavy atom. The van der Waals surface area contributed by atoms with Crippen LogP contribution < -0.4 is 5.32 Å². The lowest BCUT2D eigenvalue weighted by molar-refractivity contribution is 0.495. The van der Waals surface area contributed by atoms with Gasteiger partial charge < -0.3 is 9.73 Å². The first-order chi connectivity index (χ1) is 7.24. The highest BCUT2D eigenvalue weighted by Crippen LogP contribution is 2.16. The molecule has 0 spiro atoms. The third-order valence-electron chi connectivity index (χ3n) is 1.82. The van der Waals surface area contributed by atoms with Crippen molar-refractivity contribution in [1.29, 1.82) is 0 Å². The van der Waals surface area contributed by atoms with Crippen LogP contribution in [0.5, 0.6) is 0 Å². The minimum atomic E-state index is 0.648. The quantitative estimate of drug-likeness (QED) is 0.869. The number of rotatable bonds is 3. The molecule has 78 valence electrons. The van der Waals surface area contributed by atoms with Crippen LogP contribution in [0.25, 0.3) is 0 Å². The minimum Gasteiger partial charge on any atom is -0.452 e. The van der Waals surface area contributed by atoms with Gasteiger partial charge in [-0.2, -0.15) is 0 Å². The molecule has 0 aliphatic heterocycles. The molecule has 2 aromatic heterocycles. The van der Waals surface area contributed by atoms with Gasteiger partial charge in [0.25, 0.3) is 0 Å². The second-order valence-electron chi connectivity index (χ2n) is 2.93. The number of nitrogens with one attached hydrogen (secondary N) is 1. The maximum atomic E-state index is 5.35. The predicted molar refractivity (Wildman–Crippen MR) is 65.7 cm³/mol. The van der Waals surface area contributed by atoms with E-state index < -0.39 is 0 Å². The average Bonchev–Trinajstić information content (AvgIpc) is 2.64. The standard InChI is InChI=1S/C10H8Br2N2O/c11-9-3-1-7(5-14-9)13-6-8-2-4-10(12)15-8/h1-5,13H,6H2. The second kappa shape index (κ2) is 4.81. The van der Waals surface area contributed by atoms with Crippen molar-refractivity contribution in [3.63, 3.8) is 0 Å². The van der Waals surface area contributed by atoms with Gasteiger partial charge in [0, 0.05) is 0 Å². The molecular formula is C10H8Br2N2O.